The predicted molar refractivity (Wildman–Crippen MR) is 88.5 cm³/mol. The number of fused-ring (bicyclic) bond motifs is 1. The van der Waals surface area contributed by atoms with E-state index >= 15 is 0 Å². The van der Waals surface area contributed by atoms with Crippen LogP contribution in [0.4, 0.5) is 5.69 Å². The maximum Gasteiger partial charge on any atom is 0.151 e. The molecular weight excluding hydrogens is 302 g/mol. The Kier molecular flexibility index (Phi) is 4.12. The van der Waals surface area contributed by atoms with Crippen LogP contribution in [0.5, 0.6) is 0 Å². The number of thioether (sulfide) groups is 1. The van der Waals surface area contributed by atoms with Crippen molar-refractivity contribution in [2.24, 2.45) is 5.92 Å². The number of nitrogen functional groups attached to an aromatic ring is 1. The molecule has 0 fully saturated rings. The molecule has 2 N–H and O–H groups in total. The van der Waals surface area contributed by atoms with Crippen LogP contribution in [-0.2, 0) is 12.3 Å². The van der Waals surface area contributed by atoms with E-state index in [4.69, 9.17) is 5.73 Å². The number of thiazole rings is 1. The van der Waals surface area contributed by atoms with Crippen LogP contribution in [0.15, 0.2) is 28.9 Å². The second-order valence-electron chi connectivity index (χ2n) is 5.25. The van der Waals surface area contributed by atoms with Gasteiger partial charge in [-0.05, 0) is 24.1 Å². The zero-order valence-corrected chi connectivity index (χ0v) is 13.6. The van der Waals surface area contributed by atoms with Gasteiger partial charge in [-0.15, -0.1) is 11.3 Å². The van der Waals surface area contributed by atoms with Gasteiger partial charge in [-0.3, -0.25) is 0 Å². The standard InChI is InChI=1S/C14H17N5S2/c1-9(2)6-19-13(16-8-17-19)7-20-14-18-11-4-3-10(15)5-12(11)21-14/h3-5,8-9H,6-7,15H2,1-2H3. The van der Waals surface area contributed by atoms with Gasteiger partial charge in [-0.2, -0.15) is 5.10 Å². The van der Waals surface area contributed by atoms with Crippen LogP contribution >= 0.6 is 23.1 Å². The minimum Gasteiger partial charge on any atom is -0.399 e. The number of benzene rings is 1. The molecule has 0 amide bonds. The molecule has 0 radical (unpaired) electrons. The Morgan fingerprint density at radius 2 is 2.24 bits per heavy atom. The molecule has 21 heavy (non-hydrogen) atoms. The third-order valence-electron chi connectivity index (χ3n) is 2.95. The minimum absolute atomic E-state index is 0.556. The molecule has 5 nitrogen and oxygen atoms in total. The van der Waals surface area contributed by atoms with Crippen LogP contribution in [0.25, 0.3) is 10.2 Å². The molecule has 0 atom stereocenters. The van der Waals surface area contributed by atoms with Gasteiger partial charge in [0.25, 0.3) is 0 Å². The first-order valence-corrected chi connectivity index (χ1v) is 8.57. The van der Waals surface area contributed by atoms with Crippen LogP contribution < -0.4 is 5.73 Å². The van der Waals surface area contributed by atoms with Crippen molar-refractivity contribution in [2.45, 2.75) is 30.5 Å². The lowest BCUT2D eigenvalue weighted by Gasteiger charge is -2.07. The molecule has 0 aliphatic heterocycles. The second-order valence-corrected chi connectivity index (χ2v) is 7.50. The first-order valence-electron chi connectivity index (χ1n) is 6.77. The third-order valence-corrected chi connectivity index (χ3v) is 5.11. The van der Waals surface area contributed by atoms with Gasteiger partial charge >= 0.3 is 0 Å². The summed E-state index contributed by atoms with van der Waals surface area (Å²) in [4.78, 5) is 8.95. The summed E-state index contributed by atoms with van der Waals surface area (Å²) in [7, 11) is 0. The molecule has 0 saturated heterocycles. The highest BCUT2D eigenvalue weighted by Gasteiger charge is 2.09. The average molecular weight is 319 g/mol. The molecule has 0 spiro atoms. The lowest BCUT2D eigenvalue weighted by atomic mass is 10.2. The smallest absolute Gasteiger partial charge is 0.151 e. The first kappa shape index (κ1) is 14.3. The molecule has 3 aromatic rings. The fraction of sp³-hybridized carbons (Fsp3) is 0.357. The summed E-state index contributed by atoms with van der Waals surface area (Å²) in [6.07, 6.45) is 1.62. The number of nitrogens with zero attached hydrogens (tertiary/aromatic N) is 4. The second kappa shape index (κ2) is 6.03. The molecule has 0 aliphatic carbocycles. The van der Waals surface area contributed by atoms with Gasteiger partial charge in [0.15, 0.2) is 4.34 Å². The summed E-state index contributed by atoms with van der Waals surface area (Å²) in [6.45, 7) is 5.25. The van der Waals surface area contributed by atoms with E-state index in [-0.39, 0.29) is 0 Å². The highest BCUT2D eigenvalue weighted by Crippen LogP contribution is 2.32. The average Bonchev–Trinajstić information content (AvgIpc) is 3.01. The van der Waals surface area contributed by atoms with Crippen LogP contribution in [0, 0.1) is 5.92 Å². The molecule has 0 bridgehead atoms. The highest BCUT2D eigenvalue weighted by molar-refractivity contribution is 8.00. The van der Waals surface area contributed by atoms with Gasteiger partial charge in [-0.25, -0.2) is 14.6 Å². The van der Waals surface area contributed by atoms with Crippen molar-refractivity contribution >= 4 is 39.0 Å². The zero-order valence-electron chi connectivity index (χ0n) is 12.0. The van der Waals surface area contributed by atoms with Gasteiger partial charge in [0.05, 0.1) is 16.0 Å². The number of rotatable bonds is 5. The molecule has 0 saturated carbocycles. The summed E-state index contributed by atoms with van der Waals surface area (Å²) >= 11 is 3.36. The van der Waals surface area contributed by atoms with Gasteiger partial charge in [0.2, 0.25) is 0 Å². The Balaban J connectivity index is 1.73. The number of hydrogen-bond acceptors (Lipinski definition) is 6. The van der Waals surface area contributed by atoms with Crippen molar-refractivity contribution in [1.29, 1.82) is 0 Å². The van der Waals surface area contributed by atoms with E-state index < -0.39 is 0 Å². The van der Waals surface area contributed by atoms with Crippen molar-refractivity contribution in [3.8, 4) is 0 Å². The monoisotopic (exact) mass is 319 g/mol. The number of anilines is 1. The van der Waals surface area contributed by atoms with Gasteiger partial charge in [0.1, 0.15) is 12.2 Å². The lowest BCUT2D eigenvalue weighted by Crippen LogP contribution is -2.09. The van der Waals surface area contributed by atoms with Crippen molar-refractivity contribution in [2.75, 3.05) is 5.73 Å². The van der Waals surface area contributed by atoms with Gasteiger partial charge in [0, 0.05) is 12.2 Å². The van der Waals surface area contributed by atoms with E-state index in [2.05, 4.69) is 28.9 Å². The van der Waals surface area contributed by atoms with Gasteiger partial charge in [-0.1, -0.05) is 25.6 Å². The Morgan fingerprint density at radius 1 is 1.38 bits per heavy atom. The fourth-order valence-corrected chi connectivity index (χ4v) is 4.07. The normalized spacial score (nSPS) is 11.6. The van der Waals surface area contributed by atoms with Crippen LogP contribution in [0.3, 0.4) is 0 Å². The van der Waals surface area contributed by atoms with Crippen molar-refractivity contribution in [3.63, 3.8) is 0 Å². The van der Waals surface area contributed by atoms with Crippen LogP contribution in [0.1, 0.15) is 19.7 Å². The topological polar surface area (TPSA) is 69.6 Å². The van der Waals surface area contributed by atoms with Crippen LogP contribution in [0.2, 0.25) is 0 Å². The highest BCUT2D eigenvalue weighted by atomic mass is 32.2. The maximum atomic E-state index is 5.80. The zero-order chi connectivity index (χ0) is 14.8. The molecule has 110 valence electrons. The summed E-state index contributed by atoms with van der Waals surface area (Å²) in [6, 6.07) is 5.82. The SMILES string of the molecule is CC(C)Cn1ncnc1CSc1nc2ccc(N)cc2s1. The summed E-state index contributed by atoms with van der Waals surface area (Å²) < 4.78 is 4.14. The van der Waals surface area contributed by atoms with Crippen LogP contribution in [-0.4, -0.2) is 19.7 Å². The van der Waals surface area contributed by atoms with E-state index in [1.807, 2.05) is 22.9 Å². The summed E-state index contributed by atoms with van der Waals surface area (Å²) in [5, 5.41) is 4.28. The maximum absolute atomic E-state index is 5.80. The fourth-order valence-electron chi connectivity index (χ4n) is 2.01. The largest absolute Gasteiger partial charge is 0.399 e. The molecule has 0 unspecified atom stereocenters. The Hall–Kier alpha value is -1.60. The number of hydrogen-bond donors (Lipinski definition) is 1. The van der Waals surface area contributed by atoms with Crippen molar-refractivity contribution in [3.05, 3.63) is 30.4 Å². The molecule has 0 aliphatic rings. The van der Waals surface area contributed by atoms with Gasteiger partial charge < -0.3 is 5.73 Å². The number of aromatic nitrogens is 4. The molecule has 2 aromatic heterocycles. The third kappa shape index (κ3) is 3.36. The van der Waals surface area contributed by atoms with E-state index in [1.165, 1.54) is 0 Å². The van der Waals surface area contributed by atoms with E-state index in [0.29, 0.717) is 5.92 Å². The predicted octanol–water partition coefficient (Wildman–Crippen LogP) is 3.42. The first-order chi connectivity index (χ1) is 10.1. The molecule has 3 rings (SSSR count). The molecule has 7 heteroatoms. The Bertz CT molecular complexity index is 747. The summed E-state index contributed by atoms with van der Waals surface area (Å²) in [5.74, 6) is 2.33. The Labute approximate surface area is 131 Å². The van der Waals surface area contributed by atoms with E-state index in [1.54, 1.807) is 29.4 Å². The number of nitrogens with two attached hydrogens (primary N) is 1. The van der Waals surface area contributed by atoms with Crippen molar-refractivity contribution < 1.29 is 0 Å². The molecule has 2 heterocycles. The molecular formula is C14H17N5S2. The van der Waals surface area contributed by atoms with E-state index in [0.717, 1.165) is 38.4 Å². The minimum atomic E-state index is 0.556. The lowest BCUT2D eigenvalue weighted by molar-refractivity contribution is 0.472. The molecule has 1 aromatic carbocycles. The summed E-state index contributed by atoms with van der Waals surface area (Å²) in [5.41, 5.74) is 7.58. The quantitative estimate of drug-likeness (QED) is 0.576. The van der Waals surface area contributed by atoms with E-state index in [9.17, 15) is 0 Å². The van der Waals surface area contributed by atoms with Crippen molar-refractivity contribution in [1.82, 2.24) is 19.7 Å². The Morgan fingerprint density at radius 3 is 3.05 bits per heavy atom.